The Labute approximate surface area is 152 Å². The van der Waals surface area contributed by atoms with Gasteiger partial charge in [0.15, 0.2) is 11.0 Å². The van der Waals surface area contributed by atoms with E-state index < -0.39 is 29.1 Å². The van der Waals surface area contributed by atoms with Crippen molar-refractivity contribution in [2.75, 3.05) is 12.4 Å². The molecule has 2 aromatic rings. The van der Waals surface area contributed by atoms with E-state index in [0.717, 1.165) is 6.07 Å². The number of fused-ring (bicyclic) bond motifs is 1. The fourth-order valence-corrected chi connectivity index (χ4v) is 4.71. The number of nitrogens with two attached hydrogens (primary N) is 1. The zero-order valence-electron chi connectivity index (χ0n) is 14.0. The molecule has 2 N–H and O–H groups in total. The summed E-state index contributed by atoms with van der Waals surface area (Å²) in [6.45, 7) is 0.0160. The van der Waals surface area contributed by atoms with E-state index >= 15 is 0 Å². The number of hydrogen-bond acceptors (Lipinski definition) is 5. The van der Waals surface area contributed by atoms with E-state index in [1.807, 2.05) is 0 Å². The summed E-state index contributed by atoms with van der Waals surface area (Å²) in [6, 6.07) is 3.41. The first-order chi connectivity index (χ1) is 12.4. The first kappa shape index (κ1) is 17.4. The average molecular weight is 382 g/mol. The summed E-state index contributed by atoms with van der Waals surface area (Å²) in [5.74, 6) is -1.36. The normalized spacial score (nSPS) is 28.5. The molecule has 1 fully saturated rings. The Hall–Kier alpha value is -2.00. The number of ether oxygens (including phenoxy) is 1. The molecule has 1 aromatic carbocycles. The van der Waals surface area contributed by atoms with Crippen molar-refractivity contribution >= 4 is 16.9 Å². The molecule has 138 valence electrons. The highest BCUT2D eigenvalue weighted by molar-refractivity contribution is 8.13. The third-order valence-electron chi connectivity index (χ3n) is 4.93. The highest BCUT2D eigenvalue weighted by atomic mass is 32.2. The van der Waals surface area contributed by atoms with Gasteiger partial charge in [0.2, 0.25) is 0 Å². The smallest absolute Gasteiger partial charge is 0.166 e. The van der Waals surface area contributed by atoms with Crippen LogP contribution in [0.2, 0.25) is 0 Å². The minimum Gasteiger partial charge on any atom is -0.379 e. The molecular formula is C17H17F3N4OS. The predicted molar refractivity (Wildman–Crippen MR) is 92.1 cm³/mol. The summed E-state index contributed by atoms with van der Waals surface area (Å²) in [5, 5.41) is 4.47. The minimum atomic E-state index is -1.05. The van der Waals surface area contributed by atoms with Crippen LogP contribution in [0.1, 0.15) is 23.8 Å². The molecule has 0 bridgehead atoms. The molecule has 0 saturated carbocycles. The molecule has 1 unspecified atom stereocenters. The zero-order chi connectivity index (χ0) is 18.5. The van der Waals surface area contributed by atoms with Gasteiger partial charge in [-0.2, -0.15) is 5.10 Å². The van der Waals surface area contributed by atoms with Crippen LogP contribution in [0.3, 0.4) is 0 Å². The van der Waals surface area contributed by atoms with Gasteiger partial charge in [0.25, 0.3) is 0 Å². The van der Waals surface area contributed by atoms with E-state index in [1.165, 1.54) is 34.8 Å². The highest BCUT2D eigenvalue weighted by Gasteiger charge is 2.50. The second kappa shape index (κ2) is 6.31. The van der Waals surface area contributed by atoms with Gasteiger partial charge in [-0.3, -0.25) is 4.68 Å². The molecule has 1 aromatic heterocycles. The number of hydrogen-bond donors (Lipinski definition) is 1. The molecule has 0 aliphatic carbocycles. The Morgan fingerprint density at radius 3 is 2.81 bits per heavy atom. The van der Waals surface area contributed by atoms with Crippen LogP contribution < -0.4 is 5.73 Å². The van der Waals surface area contributed by atoms with Gasteiger partial charge in [-0.25, -0.2) is 18.2 Å². The SMILES string of the molecule is Cn1cc(F)c([C@H]2CC3CSC(N)=N[C@@]3(c3ccc(F)cc3F)CO2)n1. The molecule has 5 nitrogen and oxygen atoms in total. The fraction of sp³-hybridized carbons (Fsp3) is 0.412. The van der Waals surface area contributed by atoms with Gasteiger partial charge in [0, 0.05) is 30.3 Å². The summed E-state index contributed by atoms with van der Waals surface area (Å²) in [6.07, 6.45) is 1.15. The maximum absolute atomic E-state index is 14.5. The van der Waals surface area contributed by atoms with Crippen LogP contribution in [0.5, 0.6) is 0 Å². The van der Waals surface area contributed by atoms with Crippen molar-refractivity contribution in [3.63, 3.8) is 0 Å². The van der Waals surface area contributed by atoms with Crippen LogP contribution in [0.4, 0.5) is 13.2 Å². The number of aryl methyl sites for hydroxylation is 1. The van der Waals surface area contributed by atoms with Crippen LogP contribution >= 0.6 is 11.8 Å². The molecule has 1 saturated heterocycles. The number of nitrogens with zero attached hydrogens (tertiary/aromatic N) is 3. The van der Waals surface area contributed by atoms with Crippen molar-refractivity contribution in [2.45, 2.75) is 18.1 Å². The van der Waals surface area contributed by atoms with Crippen LogP contribution in [-0.2, 0) is 17.3 Å². The van der Waals surface area contributed by atoms with Gasteiger partial charge in [-0.05, 0) is 12.5 Å². The van der Waals surface area contributed by atoms with Gasteiger partial charge < -0.3 is 10.5 Å². The Morgan fingerprint density at radius 1 is 1.31 bits per heavy atom. The number of aliphatic imine (C=N–C) groups is 1. The van der Waals surface area contributed by atoms with Gasteiger partial charge >= 0.3 is 0 Å². The van der Waals surface area contributed by atoms with E-state index in [1.54, 1.807) is 7.05 Å². The predicted octanol–water partition coefficient (Wildman–Crippen LogP) is 2.87. The monoisotopic (exact) mass is 382 g/mol. The number of halogens is 3. The topological polar surface area (TPSA) is 65.4 Å². The van der Waals surface area contributed by atoms with Gasteiger partial charge in [0.05, 0.1) is 12.8 Å². The molecular weight excluding hydrogens is 365 g/mol. The van der Waals surface area contributed by atoms with E-state index in [0.29, 0.717) is 17.3 Å². The van der Waals surface area contributed by atoms with Crippen LogP contribution in [0.15, 0.2) is 29.4 Å². The van der Waals surface area contributed by atoms with Gasteiger partial charge in [0.1, 0.15) is 29.0 Å². The second-order valence-electron chi connectivity index (χ2n) is 6.58. The molecule has 2 aliphatic heterocycles. The molecule has 2 aliphatic rings. The number of rotatable bonds is 2. The molecule has 4 rings (SSSR count). The van der Waals surface area contributed by atoms with Crippen molar-refractivity contribution in [2.24, 2.45) is 23.7 Å². The molecule has 3 heterocycles. The van der Waals surface area contributed by atoms with E-state index in [2.05, 4.69) is 10.1 Å². The van der Waals surface area contributed by atoms with Crippen molar-refractivity contribution in [3.05, 3.63) is 53.1 Å². The molecule has 3 atom stereocenters. The molecule has 0 radical (unpaired) electrons. The standard InChI is InChI=1S/C17H17F3N4OS/c1-24-6-13(20)15(23-24)14-4-9-7-26-16(21)22-17(9,8-25-14)11-3-2-10(18)5-12(11)19/h2-3,5-6,9,14H,4,7-8H2,1H3,(H2,21,22)/t9?,14-,17+/m1/s1. The lowest BCUT2D eigenvalue weighted by Gasteiger charge is -2.46. The first-order valence-electron chi connectivity index (χ1n) is 8.13. The maximum Gasteiger partial charge on any atom is 0.166 e. The van der Waals surface area contributed by atoms with E-state index in [-0.39, 0.29) is 23.8 Å². The summed E-state index contributed by atoms with van der Waals surface area (Å²) < 4.78 is 49.2. The molecule has 0 spiro atoms. The summed E-state index contributed by atoms with van der Waals surface area (Å²) >= 11 is 1.37. The number of amidine groups is 1. The summed E-state index contributed by atoms with van der Waals surface area (Å²) in [7, 11) is 1.63. The zero-order valence-corrected chi connectivity index (χ0v) is 14.8. The van der Waals surface area contributed by atoms with Crippen molar-refractivity contribution in [3.8, 4) is 0 Å². The Morgan fingerprint density at radius 2 is 2.12 bits per heavy atom. The van der Waals surface area contributed by atoms with Crippen LogP contribution in [-0.4, -0.2) is 27.3 Å². The van der Waals surface area contributed by atoms with Gasteiger partial charge in [-0.1, -0.05) is 17.8 Å². The number of thioether (sulfide) groups is 1. The lowest BCUT2D eigenvalue weighted by Crippen LogP contribution is -2.48. The lowest BCUT2D eigenvalue weighted by molar-refractivity contribution is -0.0621. The fourth-order valence-electron chi connectivity index (χ4n) is 3.70. The molecule has 9 heteroatoms. The Kier molecular flexibility index (Phi) is 4.23. The number of benzene rings is 1. The highest BCUT2D eigenvalue weighted by Crippen LogP contribution is 2.49. The number of aromatic nitrogens is 2. The quantitative estimate of drug-likeness (QED) is 0.868. The van der Waals surface area contributed by atoms with Crippen molar-refractivity contribution in [1.29, 1.82) is 0 Å². The summed E-state index contributed by atoms with van der Waals surface area (Å²) in [5.41, 5.74) is 5.33. The van der Waals surface area contributed by atoms with Crippen molar-refractivity contribution < 1.29 is 17.9 Å². The second-order valence-corrected chi connectivity index (χ2v) is 7.62. The molecule has 26 heavy (non-hydrogen) atoms. The van der Waals surface area contributed by atoms with E-state index in [9.17, 15) is 13.2 Å². The minimum absolute atomic E-state index is 0.0160. The van der Waals surface area contributed by atoms with Gasteiger partial charge in [-0.15, -0.1) is 0 Å². The first-order valence-corrected chi connectivity index (χ1v) is 9.12. The van der Waals surface area contributed by atoms with Crippen molar-refractivity contribution in [1.82, 2.24) is 9.78 Å². The van der Waals surface area contributed by atoms with Crippen LogP contribution in [0.25, 0.3) is 0 Å². The maximum atomic E-state index is 14.5. The lowest BCUT2D eigenvalue weighted by atomic mass is 9.74. The van der Waals surface area contributed by atoms with Crippen LogP contribution in [0, 0.1) is 23.4 Å². The van der Waals surface area contributed by atoms with E-state index in [4.69, 9.17) is 10.5 Å². The third kappa shape index (κ3) is 2.79. The molecule has 0 amide bonds. The Balaban J connectivity index is 1.73. The largest absolute Gasteiger partial charge is 0.379 e. The average Bonchev–Trinajstić information content (AvgIpc) is 2.92. The Bertz CT molecular complexity index is 887. The summed E-state index contributed by atoms with van der Waals surface area (Å²) in [4.78, 5) is 4.50. The third-order valence-corrected chi connectivity index (χ3v) is 5.89.